The number of hydrogen-bond acceptors (Lipinski definition) is 6. The van der Waals surface area contributed by atoms with Crippen molar-refractivity contribution in [1.82, 2.24) is 0 Å². The van der Waals surface area contributed by atoms with Crippen molar-refractivity contribution in [2.24, 2.45) is 0 Å². The summed E-state index contributed by atoms with van der Waals surface area (Å²) in [6.07, 6.45) is 6.75. The second kappa shape index (κ2) is 10.5. The zero-order valence-electron chi connectivity index (χ0n) is 13.2. The Hall–Kier alpha value is -0.240. The van der Waals surface area contributed by atoms with Crippen LogP contribution in [0.1, 0.15) is 79.1 Å². The highest BCUT2D eigenvalue weighted by atomic mass is 17.3. The van der Waals surface area contributed by atoms with E-state index in [0.717, 1.165) is 38.5 Å². The standard InChI is InChI=1S/C14H30O6/c1-5-7-9-11-13(3,17-15)19-20-14(4,18-16)12-10-8-6-2/h15-16H,5-12H2,1-4H3. The summed E-state index contributed by atoms with van der Waals surface area (Å²) in [6.45, 7) is 7.32. The molecule has 2 unspecified atom stereocenters. The SMILES string of the molecule is CCCCCC(C)(OO)OOC(C)(CCCCC)OO. The highest BCUT2D eigenvalue weighted by molar-refractivity contribution is 4.62. The van der Waals surface area contributed by atoms with E-state index in [0.29, 0.717) is 12.8 Å². The first-order valence-electron chi connectivity index (χ1n) is 7.47. The van der Waals surface area contributed by atoms with Gasteiger partial charge in [-0.05, 0) is 26.7 Å². The second-order valence-corrected chi connectivity index (χ2v) is 5.53. The van der Waals surface area contributed by atoms with E-state index in [-0.39, 0.29) is 0 Å². The Labute approximate surface area is 121 Å². The van der Waals surface area contributed by atoms with Gasteiger partial charge in [0.15, 0.2) is 0 Å². The van der Waals surface area contributed by atoms with Gasteiger partial charge >= 0.3 is 0 Å². The summed E-state index contributed by atoms with van der Waals surface area (Å²) < 4.78 is 0. The Kier molecular flexibility index (Phi) is 10.4. The van der Waals surface area contributed by atoms with E-state index < -0.39 is 11.6 Å². The summed E-state index contributed by atoms with van der Waals surface area (Å²) in [5.74, 6) is -2.53. The molecule has 0 rings (SSSR count). The Balaban J connectivity index is 4.27. The first kappa shape index (κ1) is 19.8. The van der Waals surface area contributed by atoms with Crippen molar-refractivity contribution < 1.29 is 30.1 Å². The van der Waals surface area contributed by atoms with Crippen LogP contribution in [0.4, 0.5) is 0 Å². The average Bonchev–Trinajstić information content (AvgIpc) is 2.46. The lowest BCUT2D eigenvalue weighted by Crippen LogP contribution is -2.39. The van der Waals surface area contributed by atoms with Gasteiger partial charge in [0.25, 0.3) is 0 Å². The summed E-state index contributed by atoms with van der Waals surface area (Å²) in [4.78, 5) is 19.0. The molecule has 0 aromatic carbocycles. The highest BCUT2D eigenvalue weighted by Gasteiger charge is 2.35. The van der Waals surface area contributed by atoms with Crippen molar-refractivity contribution in [3.05, 3.63) is 0 Å². The predicted octanol–water partition coefficient (Wildman–Crippen LogP) is 4.51. The molecule has 0 heterocycles. The average molecular weight is 294 g/mol. The van der Waals surface area contributed by atoms with E-state index in [1.165, 1.54) is 0 Å². The van der Waals surface area contributed by atoms with Gasteiger partial charge < -0.3 is 0 Å². The molecule has 2 atom stereocenters. The zero-order chi connectivity index (χ0) is 15.5. The topological polar surface area (TPSA) is 77.4 Å². The van der Waals surface area contributed by atoms with Crippen LogP contribution in [-0.4, -0.2) is 22.1 Å². The minimum absolute atomic E-state index is 0.480. The molecule has 0 radical (unpaired) electrons. The third-order valence-corrected chi connectivity index (χ3v) is 3.25. The second-order valence-electron chi connectivity index (χ2n) is 5.53. The first-order chi connectivity index (χ1) is 9.45. The zero-order valence-corrected chi connectivity index (χ0v) is 13.2. The summed E-state index contributed by atoms with van der Waals surface area (Å²) in [6, 6.07) is 0. The van der Waals surface area contributed by atoms with Gasteiger partial charge in [-0.2, -0.15) is 9.78 Å². The molecule has 0 aliphatic rings. The van der Waals surface area contributed by atoms with Gasteiger partial charge in [-0.1, -0.05) is 39.5 Å². The summed E-state index contributed by atoms with van der Waals surface area (Å²) in [7, 11) is 0. The van der Waals surface area contributed by atoms with E-state index in [1.54, 1.807) is 13.8 Å². The third kappa shape index (κ3) is 8.14. The maximum absolute atomic E-state index is 8.96. The van der Waals surface area contributed by atoms with Crippen LogP contribution in [0.2, 0.25) is 0 Å². The van der Waals surface area contributed by atoms with Crippen molar-refractivity contribution in [2.45, 2.75) is 90.6 Å². The van der Waals surface area contributed by atoms with Crippen molar-refractivity contribution >= 4 is 0 Å². The normalized spacial score (nSPS) is 17.7. The van der Waals surface area contributed by atoms with Gasteiger partial charge in [-0.3, -0.25) is 0 Å². The van der Waals surface area contributed by atoms with E-state index in [2.05, 4.69) is 23.6 Å². The molecule has 20 heavy (non-hydrogen) atoms. The van der Waals surface area contributed by atoms with Crippen LogP contribution in [-0.2, 0) is 19.6 Å². The lowest BCUT2D eigenvalue weighted by Gasteiger charge is -2.30. The van der Waals surface area contributed by atoms with Crippen LogP contribution in [0.3, 0.4) is 0 Å². The molecule has 0 fully saturated rings. The number of unbranched alkanes of at least 4 members (excludes halogenated alkanes) is 4. The van der Waals surface area contributed by atoms with Crippen LogP contribution in [0, 0.1) is 0 Å². The van der Waals surface area contributed by atoms with E-state index in [4.69, 9.17) is 20.3 Å². The minimum Gasteiger partial charge on any atom is -0.249 e. The van der Waals surface area contributed by atoms with Crippen molar-refractivity contribution in [3.63, 3.8) is 0 Å². The van der Waals surface area contributed by atoms with Gasteiger partial charge in [0.05, 0.1) is 0 Å². The molecule has 122 valence electrons. The first-order valence-corrected chi connectivity index (χ1v) is 7.47. The molecule has 0 aliphatic carbocycles. The number of hydrogen-bond donors (Lipinski definition) is 2. The monoisotopic (exact) mass is 294 g/mol. The quantitative estimate of drug-likeness (QED) is 0.225. The molecule has 0 aliphatic heterocycles. The fraction of sp³-hybridized carbons (Fsp3) is 1.00. The van der Waals surface area contributed by atoms with Gasteiger partial charge in [-0.25, -0.2) is 20.3 Å². The van der Waals surface area contributed by atoms with Gasteiger partial charge in [0, 0.05) is 12.8 Å². The minimum atomic E-state index is -1.26. The molecule has 6 heteroatoms. The fourth-order valence-corrected chi connectivity index (χ4v) is 1.77. The van der Waals surface area contributed by atoms with E-state index >= 15 is 0 Å². The molecular weight excluding hydrogens is 264 g/mol. The van der Waals surface area contributed by atoms with Crippen LogP contribution >= 0.6 is 0 Å². The van der Waals surface area contributed by atoms with E-state index in [1.807, 2.05) is 0 Å². The lowest BCUT2D eigenvalue weighted by atomic mass is 10.1. The van der Waals surface area contributed by atoms with Gasteiger partial charge in [0.2, 0.25) is 11.6 Å². The number of rotatable bonds is 13. The molecule has 0 aromatic heterocycles. The van der Waals surface area contributed by atoms with Crippen LogP contribution < -0.4 is 0 Å². The maximum Gasteiger partial charge on any atom is 0.231 e. The molecule has 0 amide bonds. The molecular formula is C14H30O6. The molecule has 6 nitrogen and oxygen atoms in total. The van der Waals surface area contributed by atoms with Crippen LogP contribution in [0.5, 0.6) is 0 Å². The maximum atomic E-state index is 8.96. The molecule has 2 N–H and O–H groups in total. The van der Waals surface area contributed by atoms with Crippen molar-refractivity contribution in [3.8, 4) is 0 Å². The smallest absolute Gasteiger partial charge is 0.231 e. The summed E-state index contributed by atoms with van der Waals surface area (Å²) in [5.41, 5.74) is 0. The van der Waals surface area contributed by atoms with Crippen molar-refractivity contribution in [1.29, 1.82) is 0 Å². The Morgan fingerprint density at radius 1 is 0.700 bits per heavy atom. The third-order valence-electron chi connectivity index (χ3n) is 3.25. The van der Waals surface area contributed by atoms with Crippen LogP contribution in [0.15, 0.2) is 0 Å². The highest BCUT2D eigenvalue weighted by Crippen LogP contribution is 2.26. The van der Waals surface area contributed by atoms with E-state index in [9.17, 15) is 0 Å². The van der Waals surface area contributed by atoms with Gasteiger partial charge in [-0.15, -0.1) is 0 Å². The lowest BCUT2D eigenvalue weighted by molar-refractivity contribution is -0.567. The summed E-state index contributed by atoms with van der Waals surface area (Å²) in [5, 5.41) is 17.9. The molecule has 0 aromatic rings. The largest absolute Gasteiger partial charge is 0.249 e. The van der Waals surface area contributed by atoms with Crippen LogP contribution in [0.25, 0.3) is 0 Å². The molecule has 0 saturated heterocycles. The van der Waals surface area contributed by atoms with Gasteiger partial charge in [0.1, 0.15) is 0 Å². The predicted molar refractivity (Wildman–Crippen MR) is 74.7 cm³/mol. The Morgan fingerprint density at radius 3 is 1.30 bits per heavy atom. The Morgan fingerprint density at radius 2 is 1.05 bits per heavy atom. The van der Waals surface area contributed by atoms with Crippen molar-refractivity contribution in [2.75, 3.05) is 0 Å². The fourth-order valence-electron chi connectivity index (χ4n) is 1.77. The Bertz CT molecular complexity index is 214. The molecule has 0 spiro atoms. The molecule has 0 bridgehead atoms. The summed E-state index contributed by atoms with van der Waals surface area (Å²) >= 11 is 0. The molecule has 0 saturated carbocycles.